The number of fused-ring (bicyclic) bond motifs is 1. The fraction of sp³-hybridized carbons (Fsp3) is 0.304. The fourth-order valence-electron chi connectivity index (χ4n) is 3.87. The molecular formula is C23H22FN3O2. The molecule has 1 unspecified atom stereocenters. The minimum atomic E-state index is -0.446. The van der Waals surface area contributed by atoms with Crippen LogP contribution in [0.5, 0.6) is 5.75 Å². The van der Waals surface area contributed by atoms with Crippen LogP contribution in [0.25, 0.3) is 10.9 Å². The third kappa shape index (κ3) is 3.87. The number of anilines is 1. The van der Waals surface area contributed by atoms with E-state index in [0.29, 0.717) is 11.1 Å². The van der Waals surface area contributed by atoms with Crippen molar-refractivity contribution >= 4 is 16.6 Å². The Morgan fingerprint density at radius 3 is 2.79 bits per heavy atom. The Labute approximate surface area is 169 Å². The fourth-order valence-corrected chi connectivity index (χ4v) is 3.87. The van der Waals surface area contributed by atoms with Crippen molar-refractivity contribution in [3.63, 3.8) is 0 Å². The van der Waals surface area contributed by atoms with Crippen LogP contribution in [0, 0.1) is 24.1 Å². The summed E-state index contributed by atoms with van der Waals surface area (Å²) in [6.07, 6.45) is 1.93. The molecular weight excluding hydrogens is 369 g/mol. The van der Waals surface area contributed by atoms with Crippen molar-refractivity contribution in [1.82, 2.24) is 4.98 Å². The molecule has 2 heterocycles. The van der Waals surface area contributed by atoms with Crippen LogP contribution in [0.2, 0.25) is 0 Å². The number of aliphatic hydroxyl groups is 1. The zero-order chi connectivity index (χ0) is 20.4. The van der Waals surface area contributed by atoms with Gasteiger partial charge in [0.25, 0.3) is 0 Å². The summed E-state index contributed by atoms with van der Waals surface area (Å²) in [6, 6.07) is 14.2. The molecule has 1 fully saturated rings. The second-order valence-electron chi connectivity index (χ2n) is 7.35. The average molecular weight is 391 g/mol. The van der Waals surface area contributed by atoms with Crippen molar-refractivity contribution in [2.24, 2.45) is 0 Å². The van der Waals surface area contributed by atoms with Crippen molar-refractivity contribution in [2.45, 2.75) is 32.4 Å². The summed E-state index contributed by atoms with van der Waals surface area (Å²) < 4.78 is 20.5. The van der Waals surface area contributed by atoms with E-state index in [2.05, 4.69) is 16.0 Å². The van der Waals surface area contributed by atoms with Crippen molar-refractivity contribution in [1.29, 1.82) is 5.26 Å². The molecule has 4 rings (SSSR count). The molecule has 5 nitrogen and oxygen atoms in total. The summed E-state index contributed by atoms with van der Waals surface area (Å²) in [5.41, 5.74) is 3.83. The number of rotatable bonds is 5. The standard InChI is InChI=1S/C23H22FN3O2/c1-15-9-22(27-8-2-3-18(27)13-28)19-10-20(24)23(11-21(19)26-15)29-14-17-6-4-16(12-25)5-7-17/h4-7,9-11,18,28H,2-3,8,13-14H2,1H3. The number of pyridine rings is 1. The molecule has 1 aliphatic heterocycles. The van der Waals surface area contributed by atoms with Gasteiger partial charge in [0.1, 0.15) is 6.61 Å². The van der Waals surface area contributed by atoms with Crippen LogP contribution in [0.15, 0.2) is 42.5 Å². The van der Waals surface area contributed by atoms with Gasteiger partial charge in [-0.15, -0.1) is 0 Å². The summed E-state index contributed by atoms with van der Waals surface area (Å²) in [6.45, 7) is 3.03. The van der Waals surface area contributed by atoms with Crippen molar-refractivity contribution in [3.05, 3.63) is 65.1 Å². The number of benzene rings is 2. The molecule has 3 aromatic rings. The first-order valence-electron chi connectivity index (χ1n) is 9.69. The van der Waals surface area contributed by atoms with Gasteiger partial charge in [0, 0.05) is 29.4 Å². The van der Waals surface area contributed by atoms with Crippen molar-refractivity contribution in [2.75, 3.05) is 18.1 Å². The van der Waals surface area contributed by atoms with Gasteiger partial charge in [0.05, 0.1) is 29.8 Å². The summed E-state index contributed by atoms with van der Waals surface area (Å²) in [5, 5.41) is 19.3. The summed E-state index contributed by atoms with van der Waals surface area (Å²) >= 11 is 0. The predicted octanol–water partition coefficient (Wildman–Crippen LogP) is 4.09. The number of aryl methyl sites for hydroxylation is 1. The van der Waals surface area contributed by atoms with Gasteiger partial charge in [-0.2, -0.15) is 5.26 Å². The van der Waals surface area contributed by atoms with Crippen LogP contribution in [0.4, 0.5) is 10.1 Å². The molecule has 1 N–H and O–H groups in total. The van der Waals surface area contributed by atoms with E-state index in [1.807, 2.05) is 13.0 Å². The Kier molecular flexibility index (Phi) is 5.32. The zero-order valence-electron chi connectivity index (χ0n) is 16.2. The smallest absolute Gasteiger partial charge is 0.165 e. The van der Waals surface area contributed by atoms with E-state index >= 15 is 0 Å². The highest BCUT2D eigenvalue weighted by Gasteiger charge is 2.26. The Morgan fingerprint density at radius 2 is 2.07 bits per heavy atom. The molecule has 0 saturated carbocycles. The van der Waals surface area contributed by atoms with Gasteiger partial charge in [-0.1, -0.05) is 12.1 Å². The Balaban J connectivity index is 1.65. The molecule has 1 atom stereocenters. The molecule has 0 spiro atoms. The molecule has 0 aliphatic carbocycles. The van der Waals surface area contributed by atoms with Crippen molar-refractivity contribution < 1.29 is 14.2 Å². The number of aromatic nitrogens is 1. The lowest BCUT2D eigenvalue weighted by molar-refractivity contribution is 0.266. The number of hydrogen-bond donors (Lipinski definition) is 1. The second-order valence-corrected chi connectivity index (χ2v) is 7.35. The van der Waals surface area contributed by atoms with Gasteiger partial charge in [0.2, 0.25) is 0 Å². The maximum Gasteiger partial charge on any atom is 0.165 e. The van der Waals surface area contributed by atoms with Crippen LogP contribution in [-0.4, -0.2) is 29.3 Å². The highest BCUT2D eigenvalue weighted by molar-refractivity contribution is 5.93. The van der Waals surface area contributed by atoms with Gasteiger partial charge in [-0.25, -0.2) is 4.39 Å². The van der Waals surface area contributed by atoms with E-state index in [4.69, 9.17) is 10.00 Å². The SMILES string of the molecule is Cc1cc(N2CCCC2CO)c2cc(F)c(OCc3ccc(C#N)cc3)cc2n1. The van der Waals surface area contributed by atoms with E-state index in [-0.39, 0.29) is 25.0 Å². The summed E-state index contributed by atoms with van der Waals surface area (Å²) in [4.78, 5) is 6.71. The first-order valence-corrected chi connectivity index (χ1v) is 9.69. The van der Waals surface area contributed by atoms with Gasteiger partial charge in [-0.3, -0.25) is 4.98 Å². The number of halogens is 1. The highest BCUT2D eigenvalue weighted by atomic mass is 19.1. The summed E-state index contributed by atoms with van der Waals surface area (Å²) in [5.74, 6) is -0.302. The molecule has 0 bridgehead atoms. The predicted molar refractivity (Wildman–Crippen MR) is 109 cm³/mol. The Hall–Kier alpha value is -3.17. The van der Waals surface area contributed by atoms with Crippen LogP contribution in [0.3, 0.4) is 0 Å². The quantitative estimate of drug-likeness (QED) is 0.709. The van der Waals surface area contributed by atoms with E-state index in [9.17, 15) is 9.50 Å². The number of aliphatic hydroxyl groups excluding tert-OH is 1. The Morgan fingerprint density at radius 1 is 1.28 bits per heavy atom. The van der Waals surface area contributed by atoms with Crippen LogP contribution in [0.1, 0.15) is 29.7 Å². The molecule has 1 aliphatic rings. The van der Waals surface area contributed by atoms with Gasteiger partial charge >= 0.3 is 0 Å². The van der Waals surface area contributed by atoms with Gasteiger partial charge in [-0.05, 0) is 49.6 Å². The van der Waals surface area contributed by atoms with E-state index in [1.54, 1.807) is 30.3 Å². The molecule has 0 radical (unpaired) electrons. The third-order valence-electron chi connectivity index (χ3n) is 5.34. The average Bonchev–Trinajstić information content (AvgIpc) is 3.21. The number of nitrogens with zero attached hydrogens (tertiary/aromatic N) is 3. The molecule has 1 saturated heterocycles. The second kappa shape index (κ2) is 8.06. The number of ether oxygens (including phenoxy) is 1. The lowest BCUT2D eigenvalue weighted by atomic mass is 10.1. The molecule has 1 aromatic heterocycles. The lowest BCUT2D eigenvalue weighted by Crippen LogP contribution is -2.32. The first-order chi connectivity index (χ1) is 14.1. The van der Waals surface area contributed by atoms with Gasteiger partial charge in [0.15, 0.2) is 11.6 Å². The minimum absolute atomic E-state index is 0.0513. The zero-order valence-corrected chi connectivity index (χ0v) is 16.2. The van der Waals surface area contributed by atoms with E-state index in [1.165, 1.54) is 6.07 Å². The molecule has 6 heteroatoms. The molecule has 2 aromatic carbocycles. The first kappa shape index (κ1) is 19.2. The molecule has 0 amide bonds. The summed E-state index contributed by atoms with van der Waals surface area (Å²) in [7, 11) is 0. The van der Waals surface area contributed by atoms with E-state index < -0.39 is 5.82 Å². The van der Waals surface area contributed by atoms with Crippen LogP contribution < -0.4 is 9.64 Å². The van der Waals surface area contributed by atoms with Crippen LogP contribution in [-0.2, 0) is 6.61 Å². The topological polar surface area (TPSA) is 69.4 Å². The highest BCUT2D eigenvalue weighted by Crippen LogP contribution is 2.35. The van der Waals surface area contributed by atoms with E-state index in [0.717, 1.165) is 41.7 Å². The third-order valence-corrected chi connectivity index (χ3v) is 5.34. The maximum absolute atomic E-state index is 14.8. The van der Waals surface area contributed by atoms with Gasteiger partial charge < -0.3 is 14.7 Å². The maximum atomic E-state index is 14.8. The minimum Gasteiger partial charge on any atom is -0.486 e. The lowest BCUT2D eigenvalue weighted by Gasteiger charge is -2.27. The Bertz CT molecular complexity index is 1080. The number of hydrogen-bond acceptors (Lipinski definition) is 5. The molecule has 29 heavy (non-hydrogen) atoms. The normalized spacial score (nSPS) is 16.2. The largest absolute Gasteiger partial charge is 0.486 e. The monoisotopic (exact) mass is 391 g/mol. The number of nitriles is 1. The molecule has 148 valence electrons. The van der Waals surface area contributed by atoms with Crippen LogP contribution >= 0.6 is 0 Å². The van der Waals surface area contributed by atoms with Crippen molar-refractivity contribution in [3.8, 4) is 11.8 Å².